The van der Waals surface area contributed by atoms with E-state index >= 15 is 0 Å². The van der Waals surface area contributed by atoms with Gasteiger partial charge in [-0.05, 0) is 40.4 Å². The van der Waals surface area contributed by atoms with E-state index in [0.29, 0.717) is 0 Å². The Kier molecular flexibility index (Phi) is 2.91. The van der Waals surface area contributed by atoms with Crippen molar-refractivity contribution >= 4 is 27.5 Å². The maximum absolute atomic E-state index is 12.2. The van der Waals surface area contributed by atoms with Crippen molar-refractivity contribution in [3.63, 3.8) is 0 Å². The minimum Gasteiger partial charge on any atom is -0.324 e. The van der Waals surface area contributed by atoms with Gasteiger partial charge in [0.25, 0.3) is 0 Å². The highest BCUT2D eigenvalue weighted by molar-refractivity contribution is 9.10. The molecule has 92 valence electrons. The topological polar surface area (TPSA) is 46.9 Å². The number of hydrogen-bond acceptors (Lipinski definition) is 2. The maximum Gasteiger partial charge on any atom is 0.249 e. The van der Waals surface area contributed by atoms with Crippen LogP contribution in [0.5, 0.6) is 0 Å². The molecule has 0 bridgehead atoms. The zero-order chi connectivity index (χ0) is 12.5. The number of anilines is 1. The summed E-state index contributed by atoms with van der Waals surface area (Å²) in [5.41, 5.74) is 2.09. The van der Waals surface area contributed by atoms with Gasteiger partial charge in [-0.2, -0.15) is 5.10 Å². The van der Waals surface area contributed by atoms with Crippen LogP contribution in [0.25, 0.3) is 0 Å². The van der Waals surface area contributed by atoms with Crippen molar-refractivity contribution in [2.45, 2.75) is 18.9 Å². The van der Waals surface area contributed by atoms with Gasteiger partial charge in [-0.1, -0.05) is 18.2 Å². The van der Waals surface area contributed by atoms with E-state index in [1.165, 1.54) is 5.56 Å². The molecule has 2 aromatic rings. The Morgan fingerprint density at radius 2 is 2.22 bits per heavy atom. The van der Waals surface area contributed by atoms with E-state index < -0.39 is 0 Å². The van der Waals surface area contributed by atoms with Crippen LogP contribution < -0.4 is 5.32 Å². The molecule has 0 saturated heterocycles. The number of nitrogens with one attached hydrogen (secondary N) is 1. The lowest BCUT2D eigenvalue weighted by molar-refractivity contribution is -0.119. The van der Waals surface area contributed by atoms with E-state index in [-0.39, 0.29) is 11.9 Å². The molecule has 0 fully saturated rings. The fourth-order valence-electron chi connectivity index (χ4n) is 2.24. The van der Waals surface area contributed by atoms with E-state index in [9.17, 15) is 4.79 Å². The van der Waals surface area contributed by atoms with Crippen LogP contribution in [0.2, 0.25) is 0 Å². The van der Waals surface area contributed by atoms with E-state index in [1.807, 2.05) is 24.4 Å². The first-order valence-electron chi connectivity index (χ1n) is 5.82. The molecule has 1 aliphatic heterocycles. The summed E-state index contributed by atoms with van der Waals surface area (Å²) in [6.07, 6.45) is 5.17. The van der Waals surface area contributed by atoms with Gasteiger partial charge in [-0.25, -0.2) is 0 Å². The van der Waals surface area contributed by atoms with E-state index in [0.717, 1.165) is 23.0 Å². The second kappa shape index (κ2) is 4.57. The Balaban J connectivity index is 1.91. The van der Waals surface area contributed by atoms with Crippen molar-refractivity contribution in [1.82, 2.24) is 9.78 Å². The summed E-state index contributed by atoms with van der Waals surface area (Å²) in [6.45, 7) is 0. The molecule has 3 rings (SSSR count). The van der Waals surface area contributed by atoms with Crippen molar-refractivity contribution < 1.29 is 4.79 Å². The largest absolute Gasteiger partial charge is 0.324 e. The van der Waals surface area contributed by atoms with Crippen LogP contribution in [0.15, 0.2) is 41.1 Å². The first-order valence-corrected chi connectivity index (χ1v) is 6.62. The summed E-state index contributed by atoms with van der Waals surface area (Å²) in [5, 5.41) is 7.17. The van der Waals surface area contributed by atoms with Crippen molar-refractivity contribution in [3.05, 3.63) is 46.7 Å². The van der Waals surface area contributed by atoms with Gasteiger partial charge < -0.3 is 5.32 Å². The predicted octanol–water partition coefficient (Wildman–Crippen LogP) is 2.77. The number of nitrogens with zero attached hydrogens (tertiary/aromatic N) is 2. The lowest BCUT2D eigenvalue weighted by atomic mass is 10.1. The Bertz CT molecular complexity index is 593. The minimum absolute atomic E-state index is 0.00412. The first-order chi connectivity index (χ1) is 8.74. The van der Waals surface area contributed by atoms with Gasteiger partial charge in [0.05, 0.1) is 10.7 Å². The molecule has 0 aliphatic carbocycles. The van der Waals surface area contributed by atoms with Gasteiger partial charge in [-0.15, -0.1) is 0 Å². The summed E-state index contributed by atoms with van der Waals surface area (Å²) in [4.78, 5) is 12.2. The molecule has 4 nitrogen and oxygen atoms in total. The number of fused-ring (bicyclic) bond motifs is 1. The quantitative estimate of drug-likeness (QED) is 0.880. The smallest absolute Gasteiger partial charge is 0.249 e. The van der Waals surface area contributed by atoms with Gasteiger partial charge in [0.15, 0.2) is 0 Å². The minimum atomic E-state index is -0.247. The molecular formula is C13H12BrN3O. The van der Waals surface area contributed by atoms with Crippen LogP contribution in [0, 0.1) is 0 Å². The Hall–Kier alpha value is -1.62. The van der Waals surface area contributed by atoms with Crippen LogP contribution >= 0.6 is 15.9 Å². The summed E-state index contributed by atoms with van der Waals surface area (Å²) in [6, 6.07) is 7.68. The number of carbonyl (C=O) groups is 1. The standard InChI is InChI=1S/C13H12BrN3O/c14-10-7-15-17(8-10)12-6-5-9-3-1-2-4-11(9)16-13(12)18/h1-4,7-8,12H,5-6H2,(H,16,18). The molecule has 1 aromatic carbocycles. The fraction of sp³-hybridized carbons (Fsp3) is 0.231. The average Bonchev–Trinajstić information content (AvgIpc) is 2.70. The fourth-order valence-corrected chi connectivity index (χ4v) is 2.54. The third-order valence-corrected chi connectivity index (χ3v) is 3.56. The van der Waals surface area contributed by atoms with E-state index in [4.69, 9.17) is 0 Å². The maximum atomic E-state index is 12.2. The van der Waals surface area contributed by atoms with Crippen molar-refractivity contribution in [1.29, 1.82) is 0 Å². The van der Waals surface area contributed by atoms with Crippen LogP contribution in [-0.2, 0) is 11.2 Å². The third kappa shape index (κ3) is 2.06. The number of aryl methyl sites for hydroxylation is 1. The number of aromatic nitrogens is 2. The highest BCUT2D eigenvalue weighted by atomic mass is 79.9. The molecule has 1 aliphatic rings. The van der Waals surface area contributed by atoms with Gasteiger partial charge >= 0.3 is 0 Å². The normalized spacial score (nSPS) is 18.9. The van der Waals surface area contributed by atoms with E-state index in [2.05, 4.69) is 32.4 Å². The van der Waals surface area contributed by atoms with Crippen LogP contribution in [-0.4, -0.2) is 15.7 Å². The second-order valence-electron chi connectivity index (χ2n) is 4.34. The Morgan fingerprint density at radius 3 is 3.00 bits per heavy atom. The highest BCUT2D eigenvalue weighted by Crippen LogP contribution is 2.26. The third-order valence-electron chi connectivity index (χ3n) is 3.15. The van der Waals surface area contributed by atoms with E-state index in [1.54, 1.807) is 10.9 Å². The lowest BCUT2D eigenvalue weighted by Gasteiger charge is -2.13. The summed E-state index contributed by atoms with van der Waals surface area (Å²) in [7, 11) is 0. The molecule has 0 spiro atoms. The molecule has 1 amide bonds. The predicted molar refractivity (Wildman–Crippen MR) is 72.4 cm³/mol. The number of para-hydroxylation sites is 1. The Labute approximate surface area is 113 Å². The van der Waals surface area contributed by atoms with Crippen LogP contribution in [0.4, 0.5) is 5.69 Å². The number of benzene rings is 1. The Morgan fingerprint density at radius 1 is 1.39 bits per heavy atom. The number of carbonyl (C=O) groups excluding carboxylic acids is 1. The molecule has 0 radical (unpaired) electrons. The zero-order valence-corrected chi connectivity index (χ0v) is 11.2. The number of rotatable bonds is 1. The van der Waals surface area contributed by atoms with Crippen molar-refractivity contribution in [2.75, 3.05) is 5.32 Å². The molecule has 0 saturated carbocycles. The van der Waals surface area contributed by atoms with Gasteiger partial charge in [0.1, 0.15) is 6.04 Å². The number of hydrogen-bond donors (Lipinski definition) is 1. The molecule has 1 N–H and O–H groups in total. The SMILES string of the molecule is O=C1Nc2ccccc2CCC1n1cc(Br)cn1. The molecule has 1 unspecified atom stereocenters. The molecule has 18 heavy (non-hydrogen) atoms. The molecule has 2 heterocycles. The summed E-state index contributed by atoms with van der Waals surface area (Å²) >= 11 is 3.35. The van der Waals surface area contributed by atoms with Gasteiger partial charge in [0.2, 0.25) is 5.91 Å². The molecule has 5 heteroatoms. The number of amides is 1. The molecular weight excluding hydrogens is 294 g/mol. The van der Waals surface area contributed by atoms with Crippen molar-refractivity contribution in [3.8, 4) is 0 Å². The van der Waals surface area contributed by atoms with Crippen LogP contribution in [0.3, 0.4) is 0 Å². The second-order valence-corrected chi connectivity index (χ2v) is 5.26. The highest BCUT2D eigenvalue weighted by Gasteiger charge is 2.25. The van der Waals surface area contributed by atoms with Crippen molar-refractivity contribution in [2.24, 2.45) is 0 Å². The van der Waals surface area contributed by atoms with Gasteiger partial charge in [0, 0.05) is 11.9 Å². The summed E-state index contributed by atoms with van der Waals surface area (Å²) in [5.74, 6) is -0.00412. The molecule has 1 aromatic heterocycles. The lowest BCUT2D eigenvalue weighted by Crippen LogP contribution is -2.25. The monoisotopic (exact) mass is 305 g/mol. The molecule has 1 atom stereocenters. The van der Waals surface area contributed by atoms with Crippen LogP contribution in [0.1, 0.15) is 18.0 Å². The summed E-state index contributed by atoms with van der Waals surface area (Å²) < 4.78 is 2.60. The number of halogens is 1. The first kappa shape index (κ1) is 11.5. The zero-order valence-electron chi connectivity index (χ0n) is 9.64. The average molecular weight is 306 g/mol. The van der Waals surface area contributed by atoms with Gasteiger partial charge in [-0.3, -0.25) is 9.48 Å².